The van der Waals surface area contributed by atoms with Gasteiger partial charge in [-0.05, 0) is 59.0 Å². The number of nitrogens with one attached hydrogen (secondary N) is 2. The molecular weight excluding hydrogens is 584 g/mol. The van der Waals surface area contributed by atoms with Gasteiger partial charge in [-0.15, -0.1) is 0 Å². The van der Waals surface area contributed by atoms with Crippen LogP contribution < -0.4 is 15.4 Å². The third-order valence-electron chi connectivity index (χ3n) is 7.45. The molecule has 6 rings (SSSR count). The number of anilines is 2. The summed E-state index contributed by atoms with van der Waals surface area (Å²) in [6.07, 6.45) is 0.0934. The fraction of sp³-hybridized carbons (Fsp3) is 0.0526. The number of hydrogen-bond donors (Lipinski definition) is 3. The highest BCUT2D eigenvalue weighted by molar-refractivity contribution is 6.31. The van der Waals surface area contributed by atoms with E-state index in [1.807, 2.05) is 121 Å². The maximum atomic E-state index is 13.5. The topological polar surface area (TPSA) is 87.7 Å². The molecule has 1 amide bonds. The van der Waals surface area contributed by atoms with Gasteiger partial charge in [0.2, 0.25) is 0 Å². The van der Waals surface area contributed by atoms with Gasteiger partial charge in [-0.25, -0.2) is 4.79 Å². The summed E-state index contributed by atoms with van der Waals surface area (Å²) in [7, 11) is 0. The molecular formula is C38H29ClN2O4. The summed E-state index contributed by atoms with van der Waals surface area (Å²) in [5.74, 6) is -0.241. The molecule has 0 spiro atoms. The van der Waals surface area contributed by atoms with Crippen LogP contribution in [0.4, 0.5) is 11.4 Å². The second-order valence-electron chi connectivity index (χ2n) is 10.5. The minimum atomic E-state index is -1.17. The van der Waals surface area contributed by atoms with Gasteiger partial charge in [0.25, 0.3) is 5.91 Å². The fourth-order valence-electron chi connectivity index (χ4n) is 5.19. The molecule has 6 aromatic rings. The summed E-state index contributed by atoms with van der Waals surface area (Å²) in [6, 6.07) is 42.4. The third-order valence-corrected chi connectivity index (χ3v) is 7.69. The summed E-state index contributed by atoms with van der Waals surface area (Å²) in [5, 5.41) is 18.5. The third kappa shape index (κ3) is 6.98. The van der Waals surface area contributed by atoms with Crippen molar-refractivity contribution in [2.24, 2.45) is 0 Å². The molecule has 0 fully saturated rings. The smallest absolute Gasteiger partial charge is 0.326 e. The molecule has 3 N–H and O–H groups in total. The van der Waals surface area contributed by atoms with Gasteiger partial charge in [-0.3, -0.25) is 4.79 Å². The summed E-state index contributed by atoms with van der Waals surface area (Å²) in [5.41, 5.74) is 4.15. The zero-order chi connectivity index (χ0) is 31.2. The van der Waals surface area contributed by atoms with Crippen molar-refractivity contribution < 1.29 is 19.4 Å². The normalized spacial score (nSPS) is 11.5. The van der Waals surface area contributed by atoms with E-state index in [4.69, 9.17) is 16.3 Å². The fourth-order valence-corrected chi connectivity index (χ4v) is 5.37. The van der Waals surface area contributed by atoms with Crippen molar-refractivity contribution in [2.75, 3.05) is 5.32 Å². The highest BCUT2D eigenvalue weighted by Crippen LogP contribution is 2.34. The summed E-state index contributed by atoms with van der Waals surface area (Å²) in [6.45, 7) is 0. The molecule has 0 saturated carbocycles. The average molecular weight is 613 g/mol. The first-order valence-corrected chi connectivity index (χ1v) is 14.8. The molecule has 0 aromatic heterocycles. The standard InChI is InChI=1S/C38H29ClN2O4/c39-28-21-22-34(40-33-15-8-10-26-9-4-5-13-30(26)33)32(24-28)37(42)41-35(38(43)44)23-25-17-19-27(20-18-25)31-14-6-7-16-36(31)45-29-11-2-1-3-12-29/h1-22,24,35,40H,23H2,(H,41,42)(H,43,44)/t35-/m0/s1. The number of fused-ring (bicyclic) bond motifs is 1. The van der Waals surface area contributed by atoms with Crippen molar-refractivity contribution in [2.45, 2.75) is 12.5 Å². The second kappa shape index (κ2) is 13.4. The van der Waals surface area contributed by atoms with Gasteiger partial charge in [0.1, 0.15) is 17.5 Å². The van der Waals surface area contributed by atoms with E-state index in [0.29, 0.717) is 16.5 Å². The molecule has 0 aliphatic rings. The first-order valence-electron chi connectivity index (χ1n) is 14.4. The van der Waals surface area contributed by atoms with Crippen LogP contribution in [-0.2, 0) is 11.2 Å². The van der Waals surface area contributed by atoms with E-state index < -0.39 is 17.9 Å². The maximum absolute atomic E-state index is 13.5. The summed E-state index contributed by atoms with van der Waals surface area (Å²) < 4.78 is 6.11. The lowest BCUT2D eigenvalue weighted by Gasteiger charge is -2.18. The number of para-hydroxylation sites is 2. The second-order valence-corrected chi connectivity index (χ2v) is 11.0. The van der Waals surface area contributed by atoms with Crippen molar-refractivity contribution >= 4 is 45.6 Å². The van der Waals surface area contributed by atoms with Crippen molar-refractivity contribution in [3.05, 3.63) is 156 Å². The number of carbonyl (C=O) groups is 2. The lowest BCUT2D eigenvalue weighted by Crippen LogP contribution is -2.42. The SMILES string of the molecule is O=C(N[C@@H](Cc1ccc(-c2ccccc2Oc2ccccc2)cc1)C(=O)O)c1cc(Cl)ccc1Nc1cccc2ccccc12. The van der Waals surface area contributed by atoms with Crippen LogP contribution in [-0.4, -0.2) is 23.0 Å². The Labute approximate surface area is 265 Å². The van der Waals surface area contributed by atoms with Gasteiger partial charge < -0.3 is 20.5 Å². The first kappa shape index (κ1) is 29.5. The first-order chi connectivity index (χ1) is 21.9. The number of carboxylic acid groups (broad SMARTS) is 1. The molecule has 0 aliphatic carbocycles. The van der Waals surface area contributed by atoms with Crippen molar-refractivity contribution in [1.29, 1.82) is 0 Å². The Hall–Kier alpha value is -5.59. The van der Waals surface area contributed by atoms with Crippen molar-refractivity contribution in [3.63, 3.8) is 0 Å². The molecule has 45 heavy (non-hydrogen) atoms. The molecule has 7 heteroatoms. The van der Waals surface area contributed by atoms with E-state index in [2.05, 4.69) is 10.6 Å². The van der Waals surface area contributed by atoms with E-state index in [9.17, 15) is 14.7 Å². The van der Waals surface area contributed by atoms with Gasteiger partial charge in [0, 0.05) is 28.1 Å². The lowest BCUT2D eigenvalue weighted by molar-refractivity contribution is -0.139. The van der Waals surface area contributed by atoms with E-state index >= 15 is 0 Å². The summed E-state index contributed by atoms with van der Waals surface area (Å²) >= 11 is 6.28. The zero-order valence-corrected chi connectivity index (χ0v) is 24.9. The zero-order valence-electron chi connectivity index (χ0n) is 24.1. The van der Waals surface area contributed by atoms with Crippen LogP contribution in [0.1, 0.15) is 15.9 Å². The number of carboxylic acids is 1. The largest absolute Gasteiger partial charge is 0.480 e. The lowest BCUT2D eigenvalue weighted by atomic mass is 9.99. The Balaban J connectivity index is 1.19. The Morgan fingerprint density at radius 2 is 1.44 bits per heavy atom. The van der Waals surface area contributed by atoms with E-state index in [1.54, 1.807) is 12.1 Å². The van der Waals surface area contributed by atoms with Crippen LogP contribution in [0.15, 0.2) is 140 Å². The molecule has 0 unspecified atom stereocenters. The van der Waals surface area contributed by atoms with Crippen LogP contribution in [0.2, 0.25) is 5.02 Å². The predicted octanol–water partition coefficient (Wildman–Crippen LogP) is 9.12. The molecule has 0 radical (unpaired) electrons. The van der Waals surface area contributed by atoms with Gasteiger partial charge >= 0.3 is 5.97 Å². The summed E-state index contributed by atoms with van der Waals surface area (Å²) in [4.78, 5) is 25.8. The number of amides is 1. The Morgan fingerprint density at radius 1 is 0.733 bits per heavy atom. The number of rotatable bonds is 10. The minimum Gasteiger partial charge on any atom is -0.480 e. The maximum Gasteiger partial charge on any atom is 0.326 e. The van der Waals surface area contributed by atoms with E-state index in [-0.39, 0.29) is 12.0 Å². The average Bonchev–Trinajstić information content (AvgIpc) is 3.06. The highest BCUT2D eigenvalue weighted by Gasteiger charge is 2.23. The Kier molecular flexibility index (Phi) is 8.76. The number of ether oxygens (including phenoxy) is 1. The van der Waals surface area contributed by atoms with E-state index in [0.717, 1.165) is 38.9 Å². The molecule has 0 saturated heterocycles. The molecule has 222 valence electrons. The van der Waals surface area contributed by atoms with Gasteiger partial charge in [0.05, 0.1) is 11.3 Å². The molecule has 6 nitrogen and oxygen atoms in total. The predicted molar refractivity (Wildman–Crippen MR) is 180 cm³/mol. The monoisotopic (exact) mass is 612 g/mol. The Morgan fingerprint density at radius 3 is 2.24 bits per heavy atom. The van der Waals surface area contributed by atoms with Crippen LogP contribution in [0.25, 0.3) is 21.9 Å². The van der Waals surface area contributed by atoms with E-state index in [1.165, 1.54) is 6.07 Å². The minimum absolute atomic E-state index is 0.0934. The van der Waals surface area contributed by atoms with Crippen LogP contribution >= 0.6 is 11.6 Å². The number of hydrogen-bond acceptors (Lipinski definition) is 4. The number of halogens is 1. The number of aliphatic carboxylic acids is 1. The molecule has 1 atom stereocenters. The molecule has 0 bridgehead atoms. The van der Waals surface area contributed by atoms with Crippen LogP contribution in [0.5, 0.6) is 11.5 Å². The molecule has 0 heterocycles. The van der Waals surface area contributed by atoms with Crippen molar-refractivity contribution in [1.82, 2.24) is 5.32 Å². The quantitative estimate of drug-likeness (QED) is 0.144. The van der Waals surface area contributed by atoms with Crippen molar-refractivity contribution in [3.8, 4) is 22.6 Å². The van der Waals surface area contributed by atoms with Gasteiger partial charge in [-0.2, -0.15) is 0 Å². The highest BCUT2D eigenvalue weighted by atomic mass is 35.5. The molecule has 6 aromatic carbocycles. The van der Waals surface area contributed by atoms with Crippen LogP contribution in [0.3, 0.4) is 0 Å². The number of carbonyl (C=O) groups excluding carboxylic acids is 1. The number of benzene rings is 6. The van der Waals surface area contributed by atoms with Crippen LogP contribution in [0, 0.1) is 0 Å². The van der Waals surface area contributed by atoms with Gasteiger partial charge in [-0.1, -0.05) is 109 Å². The molecule has 0 aliphatic heterocycles. The van der Waals surface area contributed by atoms with Gasteiger partial charge in [0.15, 0.2) is 0 Å². The Bertz CT molecular complexity index is 1970.